The molecule has 0 spiro atoms. The van der Waals surface area contributed by atoms with Gasteiger partial charge in [-0.15, -0.1) is 0 Å². The van der Waals surface area contributed by atoms with Crippen molar-refractivity contribution in [2.75, 3.05) is 19.7 Å². The zero-order valence-corrected chi connectivity index (χ0v) is 8.31. The van der Waals surface area contributed by atoms with E-state index in [1.54, 1.807) is 0 Å². The summed E-state index contributed by atoms with van der Waals surface area (Å²) in [6.45, 7) is 4.89. The van der Waals surface area contributed by atoms with Gasteiger partial charge in [0.1, 0.15) is 0 Å². The van der Waals surface area contributed by atoms with E-state index < -0.39 is 0 Å². The standard InChI is InChI=1S/C10H18N2O/c1-10(5-4-8-13-10)9-12-7-3-2-6-11/h12H,2-5,7-9H2,1H3. The van der Waals surface area contributed by atoms with E-state index in [-0.39, 0.29) is 5.60 Å². The molecular weight excluding hydrogens is 164 g/mol. The zero-order chi connectivity index (χ0) is 9.57. The third kappa shape index (κ3) is 3.75. The van der Waals surface area contributed by atoms with E-state index in [2.05, 4.69) is 18.3 Å². The lowest BCUT2D eigenvalue weighted by Gasteiger charge is -2.23. The maximum Gasteiger partial charge on any atom is 0.0779 e. The van der Waals surface area contributed by atoms with E-state index in [4.69, 9.17) is 10.00 Å². The van der Waals surface area contributed by atoms with Crippen molar-refractivity contribution < 1.29 is 4.74 Å². The van der Waals surface area contributed by atoms with Gasteiger partial charge in [0.05, 0.1) is 11.7 Å². The van der Waals surface area contributed by atoms with Crippen molar-refractivity contribution in [2.45, 2.75) is 38.2 Å². The van der Waals surface area contributed by atoms with Crippen molar-refractivity contribution >= 4 is 0 Å². The normalized spacial score (nSPS) is 27.4. The summed E-state index contributed by atoms with van der Waals surface area (Å²) < 4.78 is 5.62. The van der Waals surface area contributed by atoms with Crippen LogP contribution in [0.2, 0.25) is 0 Å². The van der Waals surface area contributed by atoms with Gasteiger partial charge in [0, 0.05) is 19.6 Å². The van der Waals surface area contributed by atoms with Crippen LogP contribution in [0.5, 0.6) is 0 Å². The van der Waals surface area contributed by atoms with Crippen LogP contribution in [-0.2, 0) is 4.74 Å². The molecule has 1 saturated heterocycles. The number of rotatable bonds is 5. The second-order valence-corrected chi connectivity index (χ2v) is 3.84. The van der Waals surface area contributed by atoms with E-state index in [0.717, 1.165) is 32.5 Å². The van der Waals surface area contributed by atoms with Gasteiger partial charge < -0.3 is 10.1 Å². The van der Waals surface area contributed by atoms with Crippen molar-refractivity contribution in [3.8, 4) is 6.07 Å². The van der Waals surface area contributed by atoms with Crippen LogP contribution in [0.1, 0.15) is 32.6 Å². The monoisotopic (exact) mass is 182 g/mol. The highest BCUT2D eigenvalue weighted by Crippen LogP contribution is 2.23. The predicted molar refractivity (Wildman–Crippen MR) is 51.3 cm³/mol. The minimum absolute atomic E-state index is 0.0483. The molecule has 0 amide bonds. The van der Waals surface area contributed by atoms with Crippen molar-refractivity contribution in [2.24, 2.45) is 0 Å². The van der Waals surface area contributed by atoms with Gasteiger partial charge in [-0.25, -0.2) is 0 Å². The van der Waals surface area contributed by atoms with Crippen LogP contribution >= 0.6 is 0 Å². The molecule has 1 aliphatic rings. The van der Waals surface area contributed by atoms with E-state index in [0.29, 0.717) is 6.42 Å². The number of hydrogen-bond acceptors (Lipinski definition) is 3. The molecule has 1 unspecified atom stereocenters. The molecule has 1 rings (SSSR count). The second-order valence-electron chi connectivity index (χ2n) is 3.84. The molecule has 1 fully saturated rings. The maximum atomic E-state index is 8.33. The van der Waals surface area contributed by atoms with Gasteiger partial charge in [-0.1, -0.05) is 0 Å². The van der Waals surface area contributed by atoms with E-state index in [1.165, 1.54) is 6.42 Å². The predicted octanol–water partition coefficient (Wildman–Crippen LogP) is 1.45. The fourth-order valence-corrected chi connectivity index (χ4v) is 1.62. The largest absolute Gasteiger partial charge is 0.374 e. The Morgan fingerprint density at radius 3 is 3.08 bits per heavy atom. The molecule has 0 bridgehead atoms. The van der Waals surface area contributed by atoms with Gasteiger partial charge in [-0.3, -0.25) is 0 Å². The Morgan fingerprint density at radius 1 is 1.62 bits per heavy atom. The minimum Gasteiger partial charge on any atom is -0.374 e. The fraction of sp³-hybridized carbons (Fsp3) is 0.900. The average molecular weight is 182 g/mol. The topological polar surface area (TPSA) is 45.0 Å². The molecule has 3 nitrogen and oxygen atoms in total. The van der Waals surface area contributed by atoms with E-state index >= 15 is 0 Å². The quantitative estimate of drug-likeness (QED) is 0.654. The number of nitrogens with one attached hydrogen (secondary N) is 1. The van der Waals surface area contributed by atoms with E-state index in [1.807, 2.05) is 0 Å². The molecule has 13 heavy (non-hydrogen) atoms. The first-order chi connectivity index (χ1) is 6.27. The molecule has 1 atom stereocenters. The van der Waals surface area contributed by atoms with Crippen molar-refractivity contribution in [1.82, 2.24) is 5.32 Å². The number of ether oxygens (including phenoxy) is 1. The first kappa shape index (κ1) is 10.5. The molecule has 0 aromatic rings. The molecule has 74 valence electrons. The Balaban J connectivity index is 2.02. The maximum absolute atomic E-state index is 8.33. The molecule has 1 N–H and O–H groups in total. The smallest absolute Gasteiger partial charge is 0.0779 e. The number of nitriles is 1. The molecule has 0 saturated carbocycles. The van der Waals surface area contributed by atoms with Gasteiger partial charge in [0.2, 0.25) is 0 Å². The zero-order valence-electron chi connectivity index (χ0n) is 8.31. The van der Waals surface area contributed by atoms with Crippen LogP contribution in [0.25, 0.3) is 0 Å². The van der Waals surface area contributed by atoms with Crippen LogP contribution in [0.3, 0.4) is 0 Å². The number of hydrogen-bond donors (Lipinski definition) is 1. The molecule has 0 aliphatic carbocycles. The lowest BCUT2D eigenvalue weighted by Crippen LogP contribution is -2.37. The van der Waals surface area contributed by atoms with Gasteiger partial charge in [-0.2, -0.15) is 5.26 Å². The first-order valence-electron chi connectivity index (χ1n) is 4.98. The minimum atomic E-state index is 0.0483. The number of nitrogens with zero attached hydrogens (tertiary/aromatic N) is 1. The lowest BCUT2D eigenvalue weighted by atomic mass is 10.0. The molecule has 1 aliphatic heterocycles. The SMILES string of the molecule is CC1(CNCCCC#N)CCCO1. The summed E-state index contributed by atoms with van der Waals surface area (Å²) in [4.78, 5) is 0. The Kier molecular flexibility index (Phi) is 4.20. The highest BCUT2D eigenvalue weighted by molar-refractivity contribution is 4.82. The lowest BCUT2D eigenvalue weighted by molar-refractivity contribution is 0.0210. The average Bonchev–Trinajstić information content (AvgIpc) is 2.53. The third-order valence-electron chi connectivity index (χ3n) is 2.44. The molecule has 0 radical (unpaired) electrons. The summed E-state index contributed by atoms with van der Waals surface area (Å²) in [7, 11) is 0. The van der Waals surface area contributed by atoms with Gasteiger partial charge in [0.15, 0.2) is 0 Å². The van der Waals surface area contributed by atoms with Gasteiger partial charge in [-0.05, 0) is 32.7 Å². The summed E-state index contributed by atoms with van der Waals surface area (Å²) >= 11 is 0. The van der Waals surface area contributed by atoms with E-state index in [9.17, 15) is 0 Å². The fourth-order valence-electron chi connectivity index (χ4n) is 1.62. The van der Waals surface area contributed by atoms with Crippen molar-refractivity contribution in [1.29, 1.82) is 5.26 Å². The molecule has 0 aromatic heterocycles. The van der Waals surface area contributed by atoms with Crippen LogP contribution in [0.4, 0.5) is 0 Å². The number of unbranched alkanes of at least 4 members (excludes halogenated alkanes) is 1. The highest BCUT2D eigenvalue weighted by Gasteiger charge is 2.28. The summed E-state index contributed by atoms with van der Waals surface area (Å²) in [6, 6.07) is 2.13. The molecule has 3 heteroatoms. The van der Waals surface area contributed by atoms with Crippen LogP contribution < -0.4 is 5.32 Å². The molecule has 0 aromatic carbocycles. The summed E-state index contributed by atoms with van der Waals surface area (Å²) in [5.41, 5.74) is 0.0483. The van der Waals surface area contributed by atoms with Gasteiger partial charge >= 0.3 is 0 Å². The van der Waals surface area contributed by atoms with Gasteiger partial charge in [0.25, 0.3) is 0 Å². The Bertz CT molecular complexity index is 180. The third-order valence-corrected chi connectivity index (χ3v) is 2.44. The van der Waals surface area contributed by atoms with Crippen molar-refractivity contribution in [3.63, 3.8) is 0 Å². The first-order valence-corrected chi connectivity index (χ1v) is 4.98. The van der Waals surface area contributed by atoms with Crippen LogP contribution in [0, 0.1) is 11.3 Å². The second kappa shape index (κ2) is 5.21. The van der Waals surface area contributed by atoms with Crippen molar-refractivity contribution in [3.05, 3.63) is 0 Å². The molecule has 1 heterocycles. The Labute approximate surface area is 80.1 Å². The Hall–Kier alpha value is -0.590. The highest BCUT2D eigenvalue weighted by atomic mass is 16.5. The summed E-state index contributed by atoms with van der Waals surface area (Å²) in [6.07, 6.45) is 3.91. The Morgan fingerprint density at radius 2 is 2.46 bits per heavy atom. The molecular formula is C10H18N2O. The van der Waals surface area contributed by atoms with Crippen LogP contribution in [-0.4, -0.2) is 25.3 Å². The van der Waals surface area contributed by atoms with Crippen LogP contribution in [0.15, 0.2) is 0 Å². The summed E-state index contributed by atoms with van der Waals surface area (Å²) in [5, 5.41) is 11.7. The summed E-state index contributed by atoms with van der Waals surface area (Å²) in [5.74, 6) is 0.